The van der Waals surface area contributed by atoms with Gasteiger partial charge in [0.1, 0.15) is 0 Å². The normalized spacial score (nSPS) is 14.6. The molecule has 1 N–H and O–H groups in total. The number of anilines is 1. The van der Waals surface area contributed by atoms with E-state index in [1.54, 1.807) is 6.20 Å². The van der Waals surface area contributed by atoms with Crippen LogP contribution in [0.4, 0.5) is 5.69 Å². The molecule has 0 spiro atoms. The number of carbonyl (C=O) groups excluding carboxylic acids is 1. The van der Waals surface area contributed by atoms with Crippen molar-refractivity contribution in [2.45, 2.75) is 13.5 Å². The lowest BCUT2D eigenvalue weighted by Gasteiger charge is -2.22. The number of hydrogen-bond acceptors (Lipinski definition) is 3. The largest absolute Gasteiger partial charge is 0.311 e. The van der Waals surface area contributed by atoms with Gasteiger partial charge in [0.05, 0.1) is 5.56 Å². The maximum atomic E-state index is 12.7. The van der Waals surface area contributed by atoms with E-state index < -0.39 is 0 Å². The standard InChI is InChI=1S/C16H17N3O/c1-12-6-7-14(11-18-12)16(20)19-9-8-17-10-13-4-2-3-5-15(13)19/h2-7,11,17H,8-10H2,1H3. The van der Waals surface area contributed by atoms with Crippen LogP contribution in [-0.4, -0.2) is 24.0 Å². The summed E-state index contributed by atoms with van der Waals surface area (Å²) in [4.78, 5) is 18.7. The van der Waals surface area contributed by atoms with E-state index in [1.165, 1.54) is 0 Å². The summed E-state index contributed by atoms with van der Waals surface area (Å²) in [7, 11) is 0. The van der Waals surface area contributed by atoms with Crippen molar-refractivity contribution in [2.75, 3.05) is 18.0 Å². The first-order chi connectivity index (χ1) is 9.75. The van der Waals surface area contributed by atoms with Crippen LogP contribution in [0.3, 0.4) is 0 Å². The Morgan fingerprint density at radius 3 is 2.90 bits per heavy atom. The molecular formula is C16H17N3O. The van der Waals surface area contributed by atoms with Gasteiger partial charge < -0.3 is 10.2 Å². The van der Waals surface area contributed by atoms with Crippen LogP contribution in [0.2, 0.25) is 0 Å². The lowest BCUT2D eigenvalue weighted by atomic mass is 10.1. The number of para-hydroxylation sites is 1. The van der Waals surface area contributed by atoms with Gasteiger partial charge >= 0.3 is 0 Å². The third-order valence-electron chi connectivity index (χ3n) is 3.51. The topological polar surface area (TPSA) is 45.2 Å². The number of fused-ring (bicyclic) bond motifs is 1. The fourth-order valence-electron chi connectivity index (χ4n) is 2.42. The number of aryl methyl sites for hydroxylation is 1. The van der Waals surface area contributed by atoms with Gasteiger partial charge in [-0.25, -0.2) is 0 Å². The second kappa shape index (κ2) is 5.43. The zero-order chi connectivity index (χ0) is 13.9. The van der Waals surface area contributed by atoms with Crippen molar-refractivity contribution >= 4 is 11.6 Å². The number of carbonyl (C=O) groups is 1. The fourth-order valence-corrected chi connectivity index (χ4v) is 2.42. The molecule has 0 atom stereocenters. The third-order valence-corrected chi connectivity index (χ3v) is 3.51. The molecule has 102 valence electrons. The molecule has 4 nitrogen and oxygen atoms in total. The second-order valence-corrected chi connectivity index (χ2v) is 4.95. The molecule has 1 aliphatic rings. The lowest BCUT2D eigenvalue weighted by molar-refractivity contribution is 0.0987. The van der Waals surface area contributed by atoms with Crippen molar-refractivity contribution in [1.82, 2.24) is 10.3 Å². The first-order valence-corrected chi connectivity index (χ1v) is 6.79. The number of benzene rings is 1. The third kappa shape index (κ3) is 2.42. The van der Waals surface area contributed by atoms with Crippen LogP contribution in [0.15, 0.2) is 42.6 Å². The summed E-state index contributed by atoms with van der Waals surface area (Å²) in [5.41, 5.74) is 3.69. The number of hydrogen-bond donors (Lipinski definition) is 1. The molecule has 2 heterocycles. The molecule has 0 saturated heterocycles. The summed E-state index contributed by atoms with van der Waals surface area (Å²) in [6.45, 7) is 4.18. The van der Waals surface area contributed by atoms with E-state index >= 15 is 0 Å². The maximum absolute atomic E-state index is 12.7. The van der Waals surface area contributed by atoms with Crippen molar-refractivity contribution < 1.29 is 4.79 Å². The van der Waals surface area contributed by atoms with E-state index in [0.717, 1.165) is 30.0 Å². The molecule has 1 aliphatic heterocycles. The summed E-state index contributed by atoms with van der Waals surface area (Å²) < 4.78 is 0. The van der Waals surface area contributed by atoms with Crippen molar-refractivity contribution in [3.05, 3.63) is 59.4 Å². The Bertz CT molecular complexity index is 622. The molecule has 0 fully saturated rings. The number of aromatic nitrogens is 1. The highest BCUT2D eigenvalue weighted by atomic mass is 16.2. The number of nitrogens with zero attached hydrogens (tertiary/aromatic N) is 2. The van der Waals surface area contributed by atoms with Crippen LogP contribution in [0.1, 0.15) is 21.6 Å². The van der Waals surface area contributed by atoms with E-state index in [9.17, 15) is 4.79 Å². The fraction of sp³-hybridized carbons (Fsp3) is 0.250. The SMILES string of the molecule is Cc1ccc(C(=O)N2CCNCc3ccccc32)cn1. The molecule has 3 rings (SSSR count). The molecule has 0 aliphatic carbocycles. The summed E-state index contributed by atoms with van der Waals surface area (Å²) >= 11 is 0. The van der Waals surface area contributed by atoms with Gasteiger partial charge in [0.25, 0.3) is 5.91 Å². The van der Waals surface area contributed by atoms with Gasteiger partial charge in [0.15, 0.2) is 0 Å². The molecule has 20 heavy (non-hydrogen) atoms. The van der Waals surface area contributed by atoms with Gasteiger partial charge in [-0.2, -0.15) is 0 Å². The minimum Gasteiger partial charge on any atom is -0.311 e. The summed E-state index contributed by atoms with van der Waals surface area (Å²) in [5.74, 6) is 0.00801. The maximum Gasteiger partial charge on any atom is 0.259 e. The molecule has 0 bridgehead atoms. The number of pyridine rings is 1. The zero-order valence-electron chi connectivity index (χ0n) is 11.5. The molecule has 0 saturated carbocycles. The van der Waals surface area contributed by atoms with Gasteiger partial charge in [-0.1, -0.05) is 18.2 Å². The van der Waals surface area contributed by atoms with Crippen LogP contribution in [0, 0.1) is 6.92 Å². The minimum atomic E-state index is 0.00801. The van der Waals surface area contributed by atoms with E-state index in [2.05, 4.69) is 16.4 Å². The van der Waals surface area contributed by atoms with Gasteiger partial charge in [-0.15, -0.1) is 0 Å². The smallest absolute Gasteiger partial charge is 0.259 e. The van der Waals surface area contributed by atoms with E-state index in [0.29, 0.717) is 12.1 Å². The highest BCUT2D eigenvalue weighted by Crippen LogP contribution is 2.23. The highest BCUT2D eigenvalue weighted by Gasteiger charge is 2.21. The van der Waals surface area contributed by atoms with Crippen LogP contribution >= 0.6 is 0 Å². The first-order valence-electron chi connectivity index (χ1n) is 6.79. The summed E-state index contributed by atoms with van der Waals surface area (Å²) in [6.07, 6.45) is 1.65. The Morgan fingerprint density at radius 1 is 1.25 bits per heavy atom. The van der Waals surface area contributed by atoms with Crippen molar-refractivity contribution in [3.63, 3.8) is 0 Å². The van der Waals surface area contributed by atoms with Crippen LogP contribution in [0.5, 0.6) is 0 Å². The van der Waals surface area contributed by atoms with E-state index in [1.807, 2.05) is 42.2 Å². The molecule has 0 radical (unpaired) electrons. The van der Waals surface area contributed by atoms with Crippen LogP contribution in [-0.2, 0) is 6.54 Å². The quantitative estimate of drug-likeness (QED) is 0.861. The zero-order valence-corrected chi connectivity index (χ0v) is 11.5. The van der Waals surface area contributed by atoms with Crippen molar-refractivity contribution in [1.29, 1.82) is 0 Å². The van der Waals surface area contributed by atoms with Gasteiger partial charge in [-0.05, 0) is 30.7 Å². The Kier molecular flexibility index (Phi) is 3.48. The predicted molar refractivity (Wildman–Crippen MR) is 78.8 cm³/mol. The van der Waals surface area contributed by atoms with Crippen molar-refractivity contribution in [3.8, 4) is 0 Å². The molecule has 1 aromatic carbocycles. The Balaban J connectivity index is 1.97. The average Bonchev–Trinajstić information content (AvgIpc) is 2.69. The number of nitrogens with one attached hydrogen (secondary N) is 1. The van der Waals surface area contributed by atoms with Gasteiger partial charge in [0.2, 0.25) is 0 Å². The molecule has 1 aromatic heterocycles. The van der Waals surface area contributed by atoms with E-state index in [4.69, 9.17) is 0 Å². The van der Waals surface area contributed by atoms with E-state index in [-0.39, 0.29) is 5.91 Å². The summed E-state index contributed by atoms with van der Waals surface area (Å²) in [6, 6.07) is 11.7. The number of rotatable bonds is 1. The Labute approximate surface area is 118 Å². The lowest BCUT2D eigenvalue weighted by Crippen LogP contribution is -2.34. The average molecular weight is 267 g/mol. The highest BCUT2D eigenvalue weighted by molar-refractivity contribution is 6.06. The Morgan fingerprint density at radius 2 is 2.10 bits per heavy atom. The van der Waals surface area contributed by atoms with Gasteiger partial charge in [0, 0.05) is 37.2 Å². The van der Waals surface area contributed by atoms with Crippen molar-refractivity contribution in [2.24, 2.45) is 0 Å². The summed E-state index contributed by atoms with van der Waals surface area (Å²) in [5, 5.41) is 3.34. The monoisotopic (exact) mass is 267 g/mol. The molecule has 2 aromatic rings. The molecule has 4 heteroatoms. The minimum absolute atomic E-state index is 0.00801. The predicted octanol–water partition coefficient (Wildman–Crippen LogP) is 2.14. The molecule has 0 unspecified atom stereocenters. The second-order valence-electron chi connectivity index (χ2n) is 4.95. The number of amides is 1. The van der Waals surface area contributed by atoms with Crippen LogP contribution in [0.25, 0.3) is 0 Å². The molecule has 1 amide bonds. The first kappa shape index (κ1) is 12.8. The van der Waals surface area contributed by atoms with Crippen LogP contribution < -0.4 is 10.2 Å². The molecular weight excluding hydrogens is 250 g/mol. The Hall–Kier alpha value is -2.20. The van der Waals surface area contributed by atoms with Gasteiger partial charge in [-0.3, -0.25) is 9.78 Å².